The van der Waals surface area contributed by atoms with Crippen molar-refractivity contribution in [2.45, 2.75) is 32.7 Å². The second-order valence-corrected chi connectivity index (χ2v) is 8.27. The number of piperidine rings is 1. The van der Waals surface area contributed by atoms with Crippen molar-refractivity contribution >= 4 is 17.7 Å². The molecule has 2 aromatic rings. The fourth-order valence-corrected chi connectivity index (χ4v) is 4.16. The van der Waals surface area contributed by atoms with Gasteiger partial charge < -0.3 is 24.4 Å². The van der Waals surface area contributed by atoms with E-state index in [1.165, 1.54) is 24.6 Å². The number of nitrogens with one attached hydrogen (secondary N) is 1. The van der Waals surface area contributed by atoms with E-state index in [-0.39, 0.29) is 11.9 Å². The average Bonchev–Trinajstić information content (AvgIpc) is 2.81. The molecule has 1 saturated heterocycles. The van der Waals surface area contributed by atoms with E-state index in [0.29, 0.717) is 17.2 Å². The SMILES string of the molecule is COc1ccc(/C=C/C(=O)N[C@H](C)c2ccc(N3CCC[C@H](C)C3)cc2)c(OC)c1OC. The highest BCUT2D eigenvalue weighted by Gasteiger charge is 2.17. The molecule has 0 radical (unpaired) electrons. The third kappa shape index (κ3) is 5.55. The topological polar surface area (TPSA) is 60.0 Å². The quantitative estimate of drug-likeness (QED) is 0.598. The second-order valence-electron chi connectivity index (χ2n) is 8.27. The Morgan fingerprint density at radius 1 is 1.06 bits per heavy atom. The van der Waals surface area contributed by atoms with E-state index in [4.69, 9.17) is 14.2 Å². The van der Waals surface area contributed by atoms with Gasteiger partial charge in [-0.15, -0.1) is 0 Å². The van der Waals surface area contributed by atoms with Gasteiger partial charge in [-0.05, 0) is 61.6 Å². The van der Waals surface area contributed by atoms with Crippen LogP contribution in [0.15, 0.2) is 42.5 Å². The van der Waals surface area contributed by atoms with Gasteiger partial charge in [0.15, 0.2) is 11.5 Å². The standard InChI is InChI=1S/C26H34N2O4/c1-18-7-6-16-28(17-18)22-12-8-20(9-13-22)19(2)27-24(29)15-11-21-10-14-23(30-3)26(32-5)25(21)31-4/h8-15,18-19H,6-7,16-17H2,1-5H3,(H,27,29)/b15-11+/t18-,19+/m0/s1. The molecule has 0 saturated carbocycles. The largest absolute Gasteiger partial charge is 0.493 e. The van der Waals surface area contributed by atoms with Crippen LogP contribution in [-0.4, -0.2) is 40.3 Å². The Balaban J connectivity index is 1.64. The number of ether oxygens (including phenoxy) is 3. The average molecular weight is 439 g/mol. The van der Waals surface area contributed by atoms with Crippen LogP contribution in [0.2, 0.25) is 0 Å². The maximum Gasteiger partial charge on any atom is 0.244 e. The molecular formula is C26H34N2O4. The van der Waals surface area contributed by atoms with E-state index in [1.807, 2.05) is 13.0 Å². The lowest BCUT2D eigenvalue weighted by Gasteiger charge is -2.33. The Morgan fingerprint density at radius 2 is 1.78 bits per heavy atom. The summed E-state index contributed by atoms with van der Waals surface area (Å²) in [6.07, 6.45) is 5.76. The maximum atomic E-state index is 12.5. The first kappa shape index (κ1) is 23.5. The summed E-state index contributed by atoms with van der Waals surface area (Å²) >= 11 is 0. The van der Waals surface area contributed by atoms with Crippen molar-refractivity contribution in [2.75, 3.05) is 39.3 Å². The Kier molecular flexibility index (Phi) is 8.03. The van der Waals surface area contributed by atoms with Gasteiger partial charge in [0, 0.05) is 30.4 Å². The number of carbonyl (C=O) groups is 1. The van der Waals surface area contributed by atoms with Crippen LogP contribution in [0.4, 0.5) is 5.69 Å². The molecule has 3 rings (SSSR count). The van der Waals surface area contributed by atoms with Crippen LogP contribution in [0.3, 0.4) is 0 Å². The fourth-order valence-electron chi connectivity index (χ4n) is 4.16. The summed E-state index contributed by atoms with van der Waals surface area (Å²) < 4.78 is 16.2. The molecule has 1 amide bonds. The Labute approximate surface area is 191 Å². The third-order valence-electron chi connectivity index (χ3n) is 5.92. The first-order valence-corrected chi connectivity index (χ1v) is 11.1. The van der Waals surface area contributed by atoms with Gasteiger partial charge in [-0.2, -0.15) is 0 Å². The lowest BCUT2D eigenvalue weighted by molar-refractivity contribution is -0.117. The lowest BCUT2D eigenvalue weighted by atomic mass is 9.99. The summed E-state index contributed by atoms with van der Waals surface area (Å²) in [5.74, 6) is 2.14. The molecule has 2 atom stereocenters. The van der Waals surface area contributed by atoms with Gasteiger partial charge in [0.2, 0.25) is 11.7 Å². The molecule has 2 aromatic carbocycles. The summed E-state index contributed by atoms with van der Waals surface area (Å²) in [5.41, 5.74) is 3.05. The molecule has 1 N–H and O–H groups in total. The van der Waals surface area contributed by atoms with Gasteiger partial charge >= 0.3 is 0 Å². The molecule has 6 nitrogen and oxygen atoms in total. The van der Waals surface area contributed by atoms with Crippen LogP contribution in [0.5, 0.6) is 17.2 Å². The number of amides is 1. The number of benzene rings is 2. The van der Waals surface area contributed by atoms with Crippen LogP contribution >= 0.6 is 0 Å². The molecule has 1 aliphatic rings. The first-order valence-electron chi connectivity index (χ1n) is 11.1. The number of hydrogen-bond acceptors (Lipinski definition) is 5. The molecule has 32 heavy (non-hydrogen) atoms. The first-order chi connectivity index (χ1) is 15.5. The van der Waals surface area contributed by atoms with Crippen LogP contribution in [0.1, 0.15) is 43.9 Å². The third-order valence-corrected chi connectivity index (χ3v) is 5.92. The molecule has 0 aromatic heterocycles. The molecule has 0 aliphatic carbocycles. The number of anilines is 1. The predicted octanol–water partition coefficient (Wildman–Crippen LogP) is 4.84. The fraction of sp³-hybridized carbons (Fsp3) is 0.423. The highest BCUT2D eigenvalue weighted by atomic mass is 16.5. The highest BCUT2D eigenvalue weighted by Crippen LogP contribution is 2.40. The van der Waals surface area contributed by atoms with Crippen molar-refractivity contribution in [1.29, 1.82) is 0 Å². The number of hydrogen-bond donors (Lipinski definition) is 1. The Morgan fingerprint density at radius 3 is 2.41 bits per heavy atom. The van der Waals surface area contributed by atoms with Crippen molar-refractivity contribution in [3.63, 3.8) is 0 Å². The molecule has 172 valence electrons. The number of carbonyl (C=O) groups excluding carboxylic acids is 1. The zero-order valence-corrected chi connectivity index (χ0v) is 19.7. The highest BCUT2D eigenvalue weighted by molar-refractivity contribution is 5.92. The van der Waals surface area contributed by atoms with Gasteiger partial charge in [-0.3, -0.25) is 4.79 Å². The second kappa shape index (κ2) is 10.9. The molecule has 1 heterocycles. The Hall–Kier alpha value is -3.15. The predicted molar refractivity (Wildman–Crippen MR) is 129 cm³/mol. The summed E-state index contributed by atoms with van der Waals surface area (Å²) in [4.78, 5) is 15.0. The molecule has 0 unspecified atom stereocenters. The minimum Gasteiger partial charge on any atom is -0.493 e. The Bertz CT molecular complexity index is 940. The smallest absolute Gasteiger partial charge is 0.244 e. The van der Waals surface area contributed by atoms with Crippen LogP contribution in [-0.2, 0) is 4.79 Å². The molecule has 0 spiro atoms. The normalized spacial score (nSPS) is 17.2. The van der Waals surface area contributed by atoms with E-state index in [9.17, 15) is 4.79 Å². The minimum atomic E-state index is -0.178. The minimum absolute atomic E-state index is 0.103. The number of methoxy groups -OCH3 is 3. The number of nitrogens with zero attached hydrogens (tertiary/aromatic N) is 1. The van der Waals surface area contributed by atoms with Gasteiger partial charge in [0.05, 0.1) is 27.4 Å². The van der Waals surface area contributed by atoms with Crippen molar-refractivity contribution in [3.8, 4) is 17.2 Å². The van der Waals surface area contributed by atoms with E-state index >= 15 is 0 Å². The monoisotopic (exact) mass is 438 g/mol. The summed E-state index contributed by atoms with van der Waals surface area (Å²) in [7, 11) is 4.69. The number of rotatable bonds is 8. The van der Waals surface area contributed by atoms with Crippen LogP contribution in [0, 0.1) is 5.92 Å². The molecular weight excluding hydrogens is 404 g/mol. The van der Waals surface area contributed by atoms with E-state index in [1.54, 1.807) is 33.5 Å². The summed E-state index contributed by atoms with van der Waals surface area (Å²) in [6.45, 7) is 6.51. The summed E-state index contributed by atoms with van der Waals surface area (Å²) in [6, 6.07) is 12.0. The van der Waals surface area contributed by atoms with Crippen LogP contribution in [0.25, 0.3) is 6.08 Å². The lowest BCUT2D eigenvalue weighted by Crippen LogP contribution is -2.34. The van der Waals surface area contributed by atoms with E-state index in [2.05, 4.69) is 41.4 Å². The van der Waals surface area contributed by atoms with Gasteiger partial charge in [-0.1, -0.05) is 19.1 Å². The van der Waals surface area contributed by atoms with Crippen molar-refractivity contribution in [1.82, 2.24) is 5.32 Å². The zero-order chi connectivity index (χ0) is 23.1. The van der Waals surface area contributed by atoms with Gasteiger partial charge in [0.25, 0.3) is 0 Å². The van der Waals surface area contributed by atoms with E-state index in [0.717, 1.165) is 30.1 Å². The van der Waals surface area contributed by atoms with Crippen molar-refractivity contribution < 1.29 is 19.0 Å². The molecule has 1 aliphatic heterocycles. The van der Waals surface area contributed by atoms with Crippen LogP contribution < -0.4 is 24.4 Å². The maximum absolute atomic E-state index is 12.5. The zero-order valence-electron chi connectivity index (χ0n) is 19.7. The molecule has 6 heteroatoms. The van der Waals surface area contributed by atoms with E-state index < -0.39 is 0 Å². The van der Waals surface area contributed by atoms with Gasteiger partial charge in [-0.25, -0.2) is 0 Å². The molecule has 1 fully saturated rings. The van der Waals surface area contributed by atoms with Gasteiger partial charge in [0.1, 0.15) is 0 Å². The summed E-state index contributed by atoms with van der Waals surface area (Å²) in [5, 5.41) is 3.03. The van der Waals surface area contributed by atoms with Crippen molar-refractivity contribution in [3.05, 3.63) is 53.6 Å². The molecule has 0 bridgehead atoms. The van der Waals surface area contributed by atoms with Crippen molar-refractivity contribution in [2.24, 2.45) is 5.92 Å².